The van der Waals surface area contributed by atoms with Gasteiger partial charge in [0.1, 0.15) is 0 Å². The molecule has 1 heterocycles. The number of aryl methyl sites for hydroxylation is 1. The Hall–Kier alpha value is -3.04. The molecule has 0 radical (unpaired) electrons. The largest absolute Gasteiger partial charge is 0.452 e. The Kier molecular flexibility index (Phi) is 6.09. The highest BCUT2D eigenvalue weighted by Crippen LogP contribution is 2.24. The van der Waals surface area contributed by atoms with Crippen molar-refractivity contribution in [1.82, 2.24) is 9.29 Å². The fourth-order valence-corrected chi connectivity index (χ4v) is 3.98. The van der Waals surface area contributed by atoms with Crippen molar-refractivity contribution in [3.8, 4) is 0 Å². The fraction of sp³-hybridized carbons (Fsp3) is 0.158. The van der Waals surface area contributed by atoms with Crippen LogP contribution in [0.2, 0.25) is 5.02 Å². The zero-order valence-corrected chi connectivity index (χ0v) is 17.0. The molecule has 0 bridgehead atoms. The second-order valence-corrected chi connectivity index (χ2v) is 8.20. The molecular formula is C19H20ClN3O5S. The normalized spacial score (nSPS) is 11.2. The van der Waals surface area contributed by atoms with Crippen molar-refractivity contribution in [1.29, 1.82) is 0 Å². The number of ether oxygens (including phenoxy) is 1. The van der Waals surface area contributed by atoms with Gasteiger partial charge in [-0.3, -0.25) is 4.79 Å². The van der Waals surface area contributed by atoms with Crippen LogP contribution in [0.5, 0.6) is 0 Å². The Morgan fingerprint density at radius 2 is 1.86 bits per heavy atom. The molecule has 3 rings (SSSR count). The van der Waals surface area contributed by atoms with Gasteiger partial charge in [0, 0.05) is 31.7 Å². The number of sulfonamides is 1. The van der Waals surface area contributed by atoms with E-state index in [-0.39, 0.29) is 18.7 Å². The first-order valence-electron chi connectivity index (χ1n) is 8.54. The summed E-state index contributed by atoms with van der Waals surface area (Å²) in [5, 5.41) is 4.32. The summed E-state index contributed by atoms with van der Waals surface area (Å²) in [6.45, 7) is 0.439. The minimum Gasteiger partial charge on any atom is -0.452 e. The molecule has 0 saturated carbocycles. The maximum Gasteiger partial charge on any atom is 0.420 e. The predicted octanol–water partition coefficient (Wildman–Crippen LogP) is 3.61. The van der Waals surface area contributed by atoms with Crippen molar-refractivity contribution >= 4 is 50.2 Å². The summed E-state index contributed by atoms with van der Waals surface area (Å²) in [5.74, 6) is -0.234. The Labute approximate surface area is 173 Å². The molecule has 10 heteroatoms. The van der Waals surface area contributed by atoms with Crippen LogP contribution in [0.3, 0.4) is 0 Å². The number of anilines is 1. The predicted molar refractivity (Wildman–Crippen MR) is 111 cm³/mol. The SMILES string of the molecule is COC(=O)NS(=O)(=O)c1ccc(NC(=O)CCn2ccc3cccc(Cl)c32)cc1.[HH]. The number of aromatic nitrogens is 1. The van der Waals surface area contributed by atoms with Crippen LogP contribution in [-0.2, 0) is 26.1 Å². The molecule has 1 aromatic heterocycles. The van der Waals surface area contributed by atoms with Gasteiger partial charge < -0.3 is 14.6 Å². The Bertz CT molecular complexity index is 1160. The second-order valence-electron chi connectivity index (χ2n) is 6.11. The molecule has 0 aliphatic heterocycles. The Morgan fingerprint density at radius 3 is 2.55 bits per heavy atom. The van der Waals surface area contributed by atoms with Crippen LogP contribution >= 0.6 is 11.6 Å². The molecule has 0 spiro atoms. The van der Waals surface area contributed by atoms with Gasteiger partial charge in [-0.25, -0.2) is 17.9 Å². The maximum atomic E-state index is 12.2. The smallest absolute Gasteiger partial charge is 0.420 e. The summed E-state index contributed by atoms with van der Waals surface area (Å²) in [5.41, 5.74) is 1.30. The standard InChI is InChI=1S/C19H18ClN3O5S.H2/c1-28-19(25)22-29(26,27)15-7-5-14(6-8-15)21-17(24)10-12-23-11-9-13-3-2-4-16(20)18(13)23;/h2-9,11H,10,12H2,1H3,(H,21,24)(H,22,25);1H. The molecular weight excluding hydrogens is 418 g/mol. The van der Waals surface area contributed by atoms with Crippen molar-refractivity contribution in [2.45, 2.75) is 17.9 Å². The first-order valence-corrected chi connectivity index (χ1v) is 10.4. The summed E-state index contributed by atoms with van der Waals surface area (Å²) in [6, 6.07) is 13.0. The number of amides is 2. The van der Waals surface area contributed by atoms with E-state index >= 15 is 0 Å². The number of nitrogens with one attached hydrogen (secondary N) is 2. The van der Waals surface area contributed by atoms with Crippen LogP contribution in [0.25, 0.3) is 10.9 Å². The molecule has 29 heavy (non-hydrogen) atoms. The number of hydrogen-bond donors (Lipinski definition) is 2. The fourth-order valence-electron chi connectivity index (χ4n) is 2.77. The van der Waals surface area contributed by atoms with Crippen LogP contribution in [0.15, 0.2) is 59.6 Å². The molecule has 2 aromatic carbocycles. The molecule has 154 valence electrons. The molecule has 0 fully saturated rings. The summed E-state index contributed by atoms with van der Waals surface area (Å²) >= 11 is 6.24. The number of para-hydroxylation sites is 1. The molecule has 3 aromatic rings. The van der Waals surface area contributed by atoms with Crippen molar-refractivity contribution < 1.29 is 24.2 Å². The van der Waals surface area contributed by atoms with Crippen molar-refractivity contribution in [3.63, 3.8) is 0 Å². The molecule has 8 nitrogen and oxygen atoms in total. The summed E-state index contributed by atoms with van der Waals surface area (Å²) < 4.78 is 31.9. The highest BCUT2D eigenvalue weighted by Gasteiger charge is 2.17. The lowest BCUT2D eigenvalue weighted by atomic mass is 10.2. The van der Waals surface area contributed by atoms with Crippen molar-refractivity contribution in [2.24, 2.45) is 0 Å². The van der Waals surface area contributed by atoms with Gasteiger partial charge in [0.25, 0.3) is 10.0 Å². The third-order valence-electron chi connectivity index (χ3n) is 4.17. The number of fused-ring (bicyclic) bond motifs is 1. The van der Waals surface area contributed by atoms with E-state index in [2.05, 4.69) is 10.1 Å². The highest BCUT2D eigenvalue weighted by atomic mass is 35.5. The number of methoxy groups -OCH3 is 1. The zero-order valence-electron chi connectivity index (χ0n) is 15.4. The Balaban J connectivity index is 0.00000320. The number of rotatable bonds is 6. The van der Waals surface area contributed by atoms with E-state index < -0.39 is 16.1 Å². The van der Waals surface area contributed by atoms with Gasteiger partial charge in [0.15, 0.2) is 0 Å². The minimum absolute atomic E-state index is 0. The summed E-state index contributed by atoms with van der Waals surface area (Å²) in [7, 11) is -2.97. The number of benzene rings is 2. The molecule has 0 aliphatic rings. The van der Waals surface area contributed by atoms with Gasteiger partial charge in [-0.15, -0.1) is 0 Å². The van der Waals surface area contributed by atoms with E-state index in [9.17, 15) is 18.0 Å². The average molecular weight is 438 g/mol. The first-order chi connectivity index (χ1) is 13.8. The highest BCUT2D eigenvalue weighted by molar-refractivity contribution is 7.90. The summed E-state index contributed by atoms with van der Waals surface area (Å²) in [6.07, 6.45) is 0.997. The molecule has 2 N–H and O–H groups in total. The number of hydrogen-bond acceptors (Lipinski definition) is 5. The number of carbonyl (C=O) groups is 2. The van der Waals surface area contributed by atoms with Gasteiger partial charge >= 0.3 is 6.09 Å². The lowest BCUT2D eigenvalue weighted by Gasteiger charge is -2.09. The van der Waals surface area contributed by atoms with Gasteiger partial charge in [-0.05, 0) is 36.4 Å². The number of carbonyl (C=O) groups excluding carboxylic acids is 2. The second kappa shape index (κ2) is 8.54. The van der Waals surface area contributed by atoms with E-state index in [1.54, 1.807) is 10.8 Å². The number of halogens is 1. The molecule has 0 aliphatic carbocycles. The monoisotopic (exact) mass is 437 g/mol. The van der Waals surface area contributed by atoms with E-state index in [4.69, 9.17) is 11.6 Å². The van der Waals surface area contributed by atoms with Crippen LogP contribution in [-0.4, -0.2) is 32.1 Å². The van der Waals surface area contributed by atoms with Crippen molar-refractivity contribution in [3.05, 3.63) is 59.8 Å². The van der Waals surface area contributed by atoms with Crippen LogP contribution in [0.4, 0.5) is 10.5 Å². The Morgan fingerprint density at radius 1 is 1.14 bits per heavy atom. The van der Waals surface area contributed by atoms with E-state index in [0.717, 1.165) is 18.0 Å². The van der Waals surface area contributed by atoms with Gasteiger partial charge in [0.05, 0.1) is 22.5 Å². The maximum absolute atomic E-state index is 12.2. The average Bonchev–Trinajstić information content (AvgIpc) is 3.11. The van der Waals surface area contributed by atoms with Crippen LogP contribution in [0, 0.1) is 0 Å². The molecule has 0 unspecified atom stereocenters. The van der Waals surface area contributed by atoms with Crippen molar-refractivity contribution in [2.75, 3.05) is 12.4 Å². The lowest BCUT2D eigenvalue weighted by molar-refractivity contribution is -0.116. The topological polar surface area (TPSA) is 106 Å². The van der Waals surface area contributed by atoms with Gasteiger partial charge in [0.2, 0.25) is 5.91 Å². The molecule has 0 saturated heterocycles. The van der Waals surface area contributed by atoms with Gasteiger partial charge in [-0.2, -0.15) is 0 Å². The van der Waals surface area contributed by atoms with E-state index in [1.165, 1.54) is 24.3 Å². The first kappa shape index (κ1) is 20.7. The van der Waals surface area contributed by atoms with Crippen LogP contribution < -0.4 is 10.0 Å². The number of nitrogens with zero attached hydrogens (tertiary/aromatic N) is 1. The molecule has 0 atom stereocenters. The lowest BCUT2D eigenvalue weighted by Crippen LogP contribution is -2.30. The van der Waals surface area contributed by atoms with Gasteiger partial charge in [-0.1, -0.05) is 23.7 Å². The zero-order chi connectivity index (χ0) is 21.0. The minimum atomic E-state index is -4.03. The van der Waals surface area contributed by atoms with E-state index in [1.807, 2.05) is 29.0 Å². The van der Waals surface area contributed by atoms with Crippen LogP contribution in [0.1, 0.15) is 7.85 Å². The third-order valence-corrected chi connectivity index (χ3v) is 5.80. The third kappa shape index (κ3) is 4.87. The van der Waals surface area contributed by atoms with E-state index in [0.29, 0.717) is 17.3 Å². The molecule has 2 amide bonds. The summed E-state index contributed by atoms with van der Waals surface area (Å²) in [4.78, 5) is 23.2. The quantitative estimate of drug-likeness (QED) is 0.612.